The molecule has 0 spiro atoms. The van der Waals surface area contributed by atoms with Crippen LogP contribution in [-0.2, 0) is 20.9 Å². The zero-order valence-corrected chi connectivity index (χ0v) is 19.5. The number of aliphatic carboxylic acids is 2. The van der Waals surface area contributed by atoms with Gasteiger partial charge in [0.25, 0.3) is 0 Å². The summed E-state index contributed by atoms with van der Waals surface area (Å²) in [6.45, 7) is 4.48. The number of ether oxygens (including phenoxy) is 3. The van der Waals surface area contributed by atoms with Crippen molar-refractivity contribution in [1.29, 1.82) is 0 Å². The van der Waals surface area contributed by atoms with Gasteiger partial charge in [-0.05, 0) is 56.3 Å². The number of hydrogen-bond donors (Lipinski definition) is 2. The molecule has 2 fully saturated rings. The number of amides is 1. The van der Waals surface area contributed by atoms with E-state index in [0.29, 0.717) is 23.2 Å². The molecule has 3 rings (SSSR count). The lowest BCUT2D eigenvalue weighted by atomic mass is 9.95. The van der Waals surface area contributed by atoms with E-state index < -0.39 is 11.9 Å². The Balaban J connectivity index is 0.000000569. The summed E-state index contributed by atoms with van der Waals surface area (Å²) in [5, 5.41) is 14.8. The molecule has 10 heteroatoms. The lowest BCUT2D eigenvalue weighted by Gasteiger charge is -2.36. The molecule has 2 aliphatic heterocycles. The first-order valence-corrected chi connectivity index (χ1v) is 11.1. The highest BCUT2D eigenvalue weighted by atomic mass is 16.5. The van der Waals surface area contributed by atoms with Crippen LogP contribution in [0.2, 0.25) is 0 Å². The molecule has 0 aromatic heterocycles. The van der Waals surface area contributed by atoms with Gasteiger partial charge in [-0.25, -0.2) is 9.59 Å². The van der Waals surface area contributed by atoms with E-state index >= 15 is 0 Å². The summed E-state index contributed by atoms with van der Waals surface area (Å²) in [5.41, 5.74) is 1.11. The van der Waals surface area contributed by atoms with Crippen molar-refractivity contribution < 1.29 is 38.8 Å². The van der Waals surface area contributed by atoms with Crippen molar-refractivity contribution in [2.24, 2.45) is 5.92 Å². The average Bonchev–Trinajstić information content (AvgIpc) is 2.83. The number of carbonyl (C=O) groups excluding carboxylic acids is 1. The highest BCUT2D eigenvalue weighted by Crippen LogP contribution is 2.38. The molecule has 1 atom stereocenters. The Labute approximate surface area is 194 Å². The Kier molecular flexibility index (Phi) is 10.2. The standard InChI is InChI=1S/C21H32N2O4.C2H2O4/c1-25-18-12-16(13-19(26-2)20(18)27-3)14-22-9-7-8-17(15-22)21(24)23-10-5-4-6-11-23;3-1(4)2(5)6/h12-13,17H,4-11,14-15H2,1-3H3;(H,3,4)(H,5,6). The molecule has 2 saturated heterocycles. The van der Waals surface area contributed by atoms with E-state index in [1.807, 2.05) is 12.1 Å². The number of carboxylic acids is 2. The molecule has 2 heterocycles. The Bertz CT molecular complexity index is 786. The zero-order valence-electron chi connectivity index (χ0n) is 19.5. The third-order valence-electron chi connectivity index (χ3n) is 5.84. The number of rotatable bonds is 6. The molecular formula is C23H34N2O8. The van der Waals surface area contributed by atoms with Crippen molar-refractivity contribution in [2.75, 3.05) is 47.5 Å². The summed E-state index contributed by atoms with van der Waals surface area (Å²) in [6.07, 6.45) is 5.61. The van der Waals surface area contributed by atoms with E-state index in [0.717, 1.165) is 64.0 Å². The molecule has 1 unspecified atom stereocenters. The van der Waals surface area contributed by atoms with Crippen molar-refractivity contribution in [3.63, 3.8) is 0 Å². The topological polar surface area (TPSA) is 126 Å². The molecule has 1 amide bonds. The smallest absolute Gasteiger partial charge is 0.414 e. The second-order valence-corrected chi connectivity index (χ2v) is 8.10. The van der Waals surface area contributed by atoms with Crippen LogP contribution in [0.25, 0.3) is 0 Å². The summed E-state index contributed by atoms with van der Waals surface area (Å²) < 4.78 is 16.3. The van der Waals surface area contributed by atoms with Crippen molar-refractivity contribution in [3.05, 3.63) is 17.7 Å². The van der Waals surface area contributed by atoms with Crippen molar-refractivity contribution in [1.82, 2.24) is 9.80 Å². The fraction of sp³-hybridized carbons (Fsp3) is 0.609. The molecular weight excluding hydrogens is 432 g/mol. The number of carboxylic acid groups (broad SMARTS) is 2. The zero-order chi connectivity index (χ0) is 24.4. The van der Waals surface area contributed by atoms with Crippen LogP contribution < -0.4 is 14.2 Å². The molecule has 0 bridgehead atoms. The number of carbonyl (C=O) groups is 3. The van der Waals surface area contributed by atoms with E-state index in [9.17, 15) is 4.79 Å². The maximum Gasteiger partial charge on any atom is 0.414 e. The predicted molar refractivity (Wildman–Crippen MR) is 120 cm³/mol. The van der Waals surface area contributed by atoms with Crippen LogP contribution in [0.15, 0.2) is 12.1 Å². The van der Waals surface area contributed by atoms with Crippen LogP contribution in [-0.4, -0.2) is 85.4 Å². The minimum atomic E-state index is -1.82. The minimum absolute atomic E-state index is 0.124. The normalized spacial score (nSPS) is 18.5. The van der Waals surface area contributed by atoms with Gasteiger partial charge < -0.3 is 29.3 Å². The highest BCUT2D eigenvalue weighted by molar-refractivity contribution is 6.27. The molecule has 10 nitrogen and oxygen atoms in total. The number of nitrogens with zero attached hydrogens (tertiary/aromatic N) is 2. The van der Waals surface area contributed by atoms with Crippen molar-refractivity contribution in [3.8, 4) is 17.2 Å². The van der Waals surface area contributed by atoms with Gasteiger partial charge in [0.2, 0.25) is 11.7 Å². The SMILES string of the molecule is COc1cc(CN2CCCC(C(=O)N3CCCCC3)C2)cc(OC)c1OC.O=C(O)C(=O)O. The van der Waals surface area contributed by atoms with Crippen molar-refractivity contribution in [2.45, 2.75) is 38.6 Å². The maximum atomic E-state index is 12.9. The quantitative estimate of drug-likeness (QED) is 0.606. The Morgan fingerprint density at radius 2 is 1.45 bits per heavy atom. The molecule has 0 radical (unpaired) electrons. The van der Waals surface area contributed by atoms with Crippen LogP contribution in [0.4, 0.5) is 0 Å². The lowest BCUT2D eigenvalue weighted by Crippen LogP contribution is -2.46. The second kappa shape index (κ2) is 12.9. The number of methoxy groups -OCH3 is 3. The first kappa shape index (κ1) is 26.2. The Morgan fingerprint density at radius 1 is 0.879 bits per heavy atom. The lowest BCUT2D eigenvalue weighted by molar-refractivity contribution is -0.159. The summed E-state index contributed by atoms with van der Waals surface area (Å²) in [6, 6.07) is 3.99. The largest absolute Gasteiger partial charge is 0.493 e. The van der Waals surface area contributed by atoms with Crippen molar-refractivity contribution >= 4 is 17.8 Å². The molecule has 1 aromatic carbocycles. The third-order valence-corrected chi connectivity index (χ3v) is 5.84. The van der Waals surface area contributed by atoms with E-state index in [-0.39, 0.29) is 5.92 Å². The Morgan fingerprint density at radius 3 is 1.94 bits per heavy atom. The third kappa shape index (κ3) is 7.52. The van der Waals surface area contributed by atoms with Gasteiger partial charge in [0.05, 0.1) is 27.2 Å². The minimum Gasteiger partial charge on any atom is -0.493 e. The number of likely N-dealkylation sites (tertiary alicyclic amines) is 2. The molecule has 0 saturated carbocycles. The summed E-state index contributed by atoms with van der Waals surface area (Å²) >= 11 is 0. The highest BCUT2D eigenvalue weighted by Gasteiger charge is 2.30. The first-order chi connectivity index (χ1) is 15.8. The fourth-order valence-corrected chi connectivity index (χ4v) is 4.26. The summed E-state index contributed by atoms with van der Waals surface area (Å²) in [5.74, 6) is -1.22. The predicted octanol–water partition coefficient (Wildman–Crippen LogP) is 2.09. The average molecular weight is 467 g/mol. The summed E-state index contributed by atoms with van der Waals surface area (Å²) in [4.78, 5) is 35.5. The van der Waals surface area contributed by atoms with Crippen LogP contribution in [0, 0.1) is 5.92 Å². The molecule has 2 N–H and O–H groups in total. The van der Waals surface area contributed by atoms with Gasteiger partial charge in [-0.3, -0.25) is 9.69 Å². The molecule has 2 aliphatic rings. The number of piperidine rings is 2. The van der Waals surface area contributed by atoms with Crippen LogP contribution in [0.3, 0.4) is 0 Å². The van der Waals surface area contributed by atoms with E-state index in [1.54, 1.807) is 21.3 Å². The van der Waals surface area contributed by atoms with Gasteiger partial charge >= 0.3 is 11.9 Å². The summed E-state index contributed by atoms with van der Waals surface area (Å²) in [7, 11) is 4.88. The van der Waals surface area contributed by atoms with Gasteiger partial charge in [-0.2, -0.15) is 0 Å². The number of benzene rings is 1. The number of hydrogen-bond acceptors (Lipinski definition) is 7. The van der Waals surface area contributed by atoms with Gasteiger partial charge in [0.15, 0.2) is 11.5 Å². The van der Waals surface area contributed by atoms with E-state index in [1.165, 1.54) is 6.42 Å². The van der Waals surface area contributed by atoms with Gasteiger partial charge in [-0.1, -0.05) is 0 Å². The van der Waals surface area contributed by atoms with Gasteiger partial charge in [0.1, 0.15) is 0 Å². The van der Waals surface area contributed by atoms with Crippen LogP contribution in [0.5, 0.6) is 17.2 Å². The molecule has 33 heavy (non-hydrogen) atoms. The van der Waals surface area contributed by atoms with Crippen LogP contribution in [0.1, 0.15) is 37.7 Å². The molecule has 0 aliphatic carbocycles. The molecule has 1 aromatic rings. The van der Waals surface area contributed by atoms with Gasteiger partial charge in [-0.15, -0.1) is 0 Å². The van der Waals surface area contributed by atoms with E-state index in [2.05, 4.69) is 9.80 Å². The van der Waals surface area contributed by atoms with Gasteiger partial charge in [0, 0.05) is 26.2 Å². The molecule has 184 valence electrons. The fourth-order valence-electron chi connectivity index (χ4n) is 4.26. The second-order valence-electron chi connectivity index (χ2n) is 8.10. The first-order valence-electron chi connectivity index (χ1n) is 11.1. The monoisotopic (exact) mass is 466 g/mol. The Hall–Kier alpha value is -3.01. The van der Waals surface area contributed by atoms with Crippen LogP contribution >= 0.6 is 0 Å². The maximum absolute atomic E-state index is 12.9. The van der Waals surface area contributed by atoms with E-state index in [4.69, 9.17) is 34.0 Å².